The number of nitrogens with zero attached hydrogens (tertiary/aromatic N) is 2. The van der Waals surface area contributed by atoms with E-state index in [1.165, 1.54) is 4.68 Å². The maximum Gasteiger partial charge on any atom is 0.277 e. The minimum absolute atomic E-state index is 0.0328. The van der Waals surface area contributed by atoms with E-state index < -0.39 is 0 Å². The predicted molar refractivity (Wildman–Crippen MR) is 115 cm³/mol. The molecule has 0 fully saturated rings. The summed E-state index contributed by atoms with van der Waals surface area (Å²) in [5.74, 6) is -0.249. The lowest BCUT2D eigenvalue weighted by Crippen LogP contribution is -2.46. The van der Waals surface area contributed by atoms with Gasteiger partial charge >= 0.3 is 0 Å². The molecule has 0 unspecified atom stereocenters. The number of carbonyl (C=O) groups is 1. The van der Waals surface area contributed by atoms with E-state index in [-0.39, 0.29) is 27.7 Å². The van der Waals surface area contributed by atoms with Crippen molar-refractivity contribution in [3.8, 4) is 0 Å². The van der Waals surface area contributed by atoms with E-state index in [1.807, 2.05) is 13.8 Å². The summed E-state index contributed by atoms with van der Waals surface area (Å²) in [4.78, 5) is 31.2. The van der Waals surface area contributed by atoms with E-state index in [2.05, 4.69) is 44.0 Å². The molecule has 3 rings (SSSR count). The molecule has 0 spiro atoms. The van der Waals surface area contributed by atoms with Gasteiger partial charge in [-0.2, -0.15) is 0 Å². The molecule has 0 saturated heterocycles. The van der Waals surface area contributed by atoms with Crippen LogP contribution in [-0.2, 0) is 18.3 Å². The molecule has 0 atom stereocenters. The summed E-state index contributed by atoms with van der Waals surface area (Å²) < 4.78 is 1.34. The monoisotopic (exact) mass is 397 g/mol. The van der Waals surface area contributed by atoms with Crippen LogP contribution in [0.15, 0.2) is 16.0 Å². The molecule has 0 amide bonds. The Balaban J connectivity index is 2.33. The number of benzene rings is 1. The Hall–Kier alpha value is -2.63. The Morgan fingerprint density at radius 1 is 1.17 bits per heavy atom. The summed E-state index contributed by atoms with van der Waals surface area (Å²) >= 11 is 0. The number of hydrogen-bond donors (Lipinski definition) is 1. The molecule has 0 aliphatic heterocycles. The first kappa shape index (κ1) is 21.1. The number of hydrogen-bond acceptors (Lipinski definition) is 4. The van der Waals surface area contributed by atoms with Gasteiger partial charge in [0.2, 0.25) is 5.78 Å². The molecule has 156 valence electrons. The van der Waals surface area contributed by atoms with E-state index in [0.29, 0.717) is 11.3 Å². The van der Waals surface area contributed by atoms with Crippen molar-refractivity contribution >= 4 is 11.5 Å². The number of ketones is 1. The molecule has 1 aliphatic rings. The topological polar surface area (TPSA) is 76.4 Å². The summed E-state index contributed by atoms with van der Waals surface area (Å²) in [6, 6.07) is 2.07. The first-order valence-corrected chi connectivity index (χ1v) is 9.90. The fourth-order valence-electron chi connectivity index (χ4n) is 4.55. The molecule has 1 aromatic carbocycles. The van der Waals surface area contributed by atoms with Crippen molar-refractivity contribution in [2.45, 2.75) is 54.9 Å². The van der Waals surface area contributed by atoms with E-state index in [9.17, 15) is 9.59 Å². The largest absolute Gasteiger partial charge is 0.399 e. The zero-order valence-corrected chi connectivity index (χ0v) is 18.9. The molecule has 0 bridgehead atoms. The molecular weight excluding hydrogens is 366 g/mol. The molecule has 1 aliphatic carbocycles. The van der Waals surface area contributed by atoms with Crippen LogP contribution in [0.25, 0.3) is 0 Å². The lowest BCUT2D eigenvalue weighted by atomic mass is 9.56. The number of oxime groups is 1. The Morgan fingerprint density at radius 2 is 1.79 bits per heavy atom. The molecule has 0 radical (unpaired) electrons. The van der Waals surface area contributed by atoms with Crippen molar-refractivity contribution in [3.05, 3.63) is 55.5 Å². The number of aryl methyl sites for hydroxylation is 3. The van der Waals surface area contributed by atoms with Gasteiger partial charge < -0.3 is 4.84 Å². The number of rotatable bonds is 3. The smallest absolute Gasteiger partial charge is 0.277 e. The summed E-state index contributed by atoms with van der Waals surface area (Å²) in [5, 5.41) is 7.33. The number of carbonyl (C=O) groups excluding carboxylic acids is 1. The Kier molecular flexibility index (Phi) is 4.88. The standard InChI is InChI=1S/C23H31N3O3/c1-12-10-15-11-22(4,5)23(6,7)20(25-29-9)17(15)13(2)16(12)19(27)18-14(3)24-26(8)21(18)28/h10,24H,11H2,1-9H3/b25-20-. The SMILES string of the molecule is CO/N=C1/c2c(cc(C)c(C(=O)c3c(C)[nH]n(C)c3=O)c2C)CC(C)(C)C1(C)C. The van der Waals surface area contributed by atoms with E-state index >= 15 is 0 Å². The first-order chi connectivity index (χ1) is 13.3. The summed E-state index contributed by atoms with van der Waals surface area (Å²) in [7, 11) is 3.17. The van der Waals surface area contributed by atoms with Crippen LogP contribution < -0.4 is 5.56 Å². The molecule has 6 heteroatoms. The van der Waals surface area contributed by atoms with Crippen LogP contribution in [0.2, 0.25) is 0 Å². The van der Waals surface area contributed by atoms with Crippen LogP contribution in [-0.4, -0.2) is 28.4 Å². The third-order valence-electron chi connectivity index (χ3n) is 6.87. The van der Waals surface area contributed by atoms with Gasteiger partial charge in [0, 0.05) is 29.3 Å². The minimum atomic E-state index is -0.309. The molecule has 1 aromatic heterocycles. The van der Waals surface area contributed by atoms with Crippen LogP contribution in [0, 0.1) is 31.6 Å². The van der Waals surface area contributed by atoms with Crippen molar-refractivity contribution in [2.24, 2.45) is 23.0 Å². The van der Waals surface area contributed by atoms with Gasteiger partial charge in [-0.05, 0) is 49.3 Å². The second kappa shape index (κ2) is 6.71. The average Bonchev–Trinajstić information content (AvgIpc) is 2.84. The van der Waals surface area contributed by atoms with Gasteiger partial charge in [0.25, 0.3) is 5.56 Å². The fourth-order valence-corrected chi connectivity index (χ4v) is 4.55. The predicted octanol–water partition coefficient (Wildman–Crippen LogP) is 3.83. The Bertz CT molecular complexity index is 1100. The van der Waals surface area contributed by atoms with Gasteiger partial charge in [-0.3, -0.25) is 19.4 Å². The maximum absolute atomic E-state index is 13.5. The molecule has 0 saturated carbocycles. The number of nitrogens with one attached hydrogen (secondary N) is 1. The molecule has 1 heterocycles. The van der Waals surface area contributed by atoms with Crippen LogP contribution in [0.1, 0.15) is 71.6 Å². The van der Waals surface area contributed by atoms with Gasteiger partial charge in [0.15, 0.2) is 0 Å². The summed E-state index contributed by atoms with van der Waals surface area (Å²) in [6.07, 6.45) is 0.874. The van der Waals surface area contributed by atoms with Crippen LogP contribution in [0.4, 0.5) is 0 Å². The van der Waals surface area contributed by atoms with Crippen molar-refractivity contribution in [3.63, 3.8) is 0 Å². The van der Waals surface area contributed by atoms with Gasteiger partial charge in [-0.1, -0.05) is 38.9 Å². The number of aromatic amines is 1. The first-order valence-electron chi connectivity index (χ1n) is 9.90. The van der Waals surface area contributed by atoms with E-state index in [0.717, 1.165) is 34.4 Å². The third kappa shape index (κ3) is 2.96. The quantitative estimate of drug-likeness (QED) is 0.632. The maximum atomic E-state index is 13.5. The van der Waals surface area contributed by atoms with Crippen LogP contribution in [0.3, 0.4) is 0 Å². The average molecular weight is 398 g/mol. The second-order valence-electron chi connectivity index (χ2n) is 9.34. The van der Waals surface area contributed by atoms with Crippen LogP contribution in [0.5, 0.6) is 0 Å². The highest BCUT2D eigenvalue weighted by atomic mass is 16.6. The summed E-state index contributed by atoms with van der Waals surface area (Å²) in [5.41, 5.74) is 5.45. The lowest BCUT2D eigenvalue weighted by Gasteiger charge is -2.47. The minimum Gasteiger partial charge on any atom is -0.399 e. The second-order valence-corrected chi connectivity index (χ2v) is 9.34. The van der Waals surface area contributed by atoms with Crippen molar-refractivity contribution in [1.82, 2.24) is 9.78 Å². The summed E-state index contributed by atoms with van der Waals surface area (Å²) in [6.45, 7) is 14.4. The number of H-pyrrole nitrogens is 1. The van der Waals surface area contributed by atoms with Crippen molar-refractivity contribution in [1.29, 1.82) is 0 Å². The fraction of sp³-hybridized carbons (Fsp3) is 0.522. The molecule has 1 N–H and O–H groups in total. The highest BCUT2D eigenvalue weighted by Gasteiger charge is 2.47. The zero-order valence-electron chi connectivity index (χ0n) is 18.9. The highest BCUT2D eigenvalue weighted by molar-refractivity contribution is 6.15. The molecular formula is C23H31N3O3. The molecule has 29 heavy (non-hydrogen) atoms. The Morgan fingerprint density at radius 3 is 2.31 bits per heavy atom. The highest BCUT2D eigenvalue weighted by Crippen LogP contribution is 2.50. The van der Waals surface area contributed by atoms with Gasteiger partial charge in [0.1, 0.15) is 12.7 Å². The molecule has 2 aromatic rings. The third-order valence-corrected chi connectivity index (χ3v) is 6.87. The van der Waals surface area contributed by atoms with E-state index in [4.69, 9.17) is 4.84 Å². The lowest BCUT2D eigenvalue weighted by molar-refractivity contribution is 0.103. The van der Waals surface area contributed by atoms with Gasteiger partial charge in [0.05, 0.1) is 5.71 Å². The van der Waals surface area contributed by atoms with E-state index in [1.54, 1.807) is 21.1 Å². The normalized spacial score (nSPS) is 18.6. The van der Waals surface area contributed by atoms with Crippen LogP contribution >= 0.6 is 0 Å². The number of aromatic nitrogens is 2. The van der Waals surface area contributed by atoms with Gasteiger partial charge in [-0.15, -0.1) is 0 Å². The molecule has 6 nitrogen and oxygen atoms in total. The Labute approximate surface area is 171 Å². The number of fused-ring (bicyclic) bond motifs is 1. The van der Waals surface area contributed by atoms with Gasteiger partial charge in [-0.25, -0.2) is 0 Å². The van der Waals surface area contributed by atoms with Crippen molar-refractivity contribution < 1.29 is 9.63 Å². The van der Waals surface area contributed by atoms with Crippen molar-refractivity contribution in [2.75, 3.05) is 7.11 Å². The zero-order chi connectivity index (χ0) is 21.9.